The molecular formula is C15H26ClNO2. The summed E-state index contributed by atoms with van der Waals surface area (Å²) in [6, 6.07) is 7.27. The van der Waals surface area contributed by atoms with Gasteiger partial charge in [0.05, 0.1) is 12.1 Å². The summed E-state index contributed by atoms with van der Waals surface area (Å²) in [6.45, 7) is 9.95. The highest BCUT2D eigenvalue weighted by atomic mass is 35.5. The van der Waals surface area contributed by atoms with Crippen molar-refractivity contribution < 1.29 is 9.84 Å². The van der Waals surface area contributed by atoms with E-state index >= 15 is 0 Å². The van der Waals surface area contributed by atoms with Crippen LogP contribution in [0, 0.1) is 5.92 Å². The summed E-state index contributed by atoms with van der Waals surface area (Å²) in [7, 11) is 0. The molecule has 0 heterocycles. The van der Waals surface area contributed by atoms with Gasteiger partial charge < -0.3 is 15.6 Å². The number of hydrogen-bond acceptors (Lipinski definition) is 3. The Morgan fingerprint density at radius 2 is 1.58 bits per heavy atom. The molecule has 110 valence electrons. The lowest BCUT2D eigenvalue weighted by Gasteiger charge is -2.24. The predicted molar refractivity (Wildman–Crippen MR) is 81.8 cm³/mol. The SMILES string of the molecule is CC(C)[C@H](O)[C@H](N)c1ccc(OC(C)(C)C)cc1.Cl. The quantitative estimate of drug-likeness (QED) is 0.893. The summed E-state index contributed by atoms with van der Waals surface area (Å²) in [5.74, 6) is 0.961. The van der Waals surface area contributed by atoms with Crippen molar-refractivity contribution in [1.82, 2.24) is 0 Å². The van der Waals surface area contributed by atoms with Gasteiger partial charge >= 0.3 is 0 Å². The van der Waals surface area contributed by atoms with Crippen LogP contribution in [-0.4, -0.2) is 16.8 Å². The third-order valence-corrected chi connectivity index (χ3v) is 2.74. The lowest BCUT2D eigenvalue weighted by atomic mass is 9.94. The first kappa shape index (κ1) is 18.2. The van der Waals surface area contributed by atoms with Gasteiger partial charge in [-0.25, -0.2) is 0 Å². The van der Waals surface area contributed by atoms with Crippen LogP contribution in [0.5, 0.6) is 5.75 Å². The van der Waals surface area contributed by atoms with Crippen LogP contribution < -0.4 is 10.5 Å². The van der Waals surface area contributed by atoms with Crippen LogP contribution in [0.2, 0.25) is 0 Å². The summed E-state index contributed by atoms with van der Waals surface area (Å²) in [5.41, 5.74) is 6.75. The fourth-order valence-electron chi connectivity index (χ4n) is 1.72. The van der Waals surface area contributed by atoms with Crippen LogP contribution in [0.1, 0.15) is 46.2 Å². The number of rotatable bonds is 4. The van der Waals surface area contributed by atoms with Crippen LogP contribution >= 0.6 is 12.4 Å². The summed E-state index contributed by atoms with van der Waals surface area (Å²) >= 11 is 0. The normalized spacial score (nSPS) is 14.7. The van der Waals surface area contributed by atoms with Gasteiger partial charge in [0.1, 0.15) is 11.4 Å². The first-order valence-corrected chi connectivity index (χ1v) is 6.43. The van der Waals surface area contributed by atoms with Gasteiger partial charge in [0.2, 0.25) is 0 Å². The molecule has 19 heavy (non-hydrogen) atoms. The minimum atomic E-state index is -0.528. The highest BCUT2D eigenvalue weighted by Crippen LogP contribution is 2.23. The number of aliphatic hydroxyl groups is 1. The Kier molecular flexibility index (Phi) is 6.84. The second-order valence-electron chi connectivity index (χ2n) is 6.04. The molecule has 0 aromatic heterocycles. The smallest absolute Gasteiger partial charge is 0.120 e. The molecule has 0 amide bonds. The Morgan fingerprint density at radius 1 is 1.11 bits per heavy atom. The minimum Gasteiger partial charge on any atom is -0.488 e. The van der Waals surface area contributed by atoms with Crippen LogP contribution in [0.3, 0.4) is 0 Å². The second kappa shape index (κ2) is 7.13. The monoisotopic (exact) mass is 287 g/mol. The third-order valence-electron chi connectivity index (χ3n) is 2.74. The van der Waals surface area contributed by atoms with E-state index in [-0.39, 0.29) is 30.0 Å². The van der Waals surface area contributed by atoms with Gasteiger partial charge in [-0.3, -0.25) is 0 Å². The topological polar surface area (TPSA) is 55.5 Å². The molecule has 0 aliphatic rings. The maximum Gasteiger partial charge on any atom is 0.120 e. The van der Waals surface area contributed by atoms with Crippen molar-refractivity contribution >= 4 is 12.4 Å². The van der Waals surface area contributed by atoms with Gasteiger partial charge in [-0.2, -0.15) is 0 Å². The van der Waals surface area contributed by atoms with Gasteiger partial charge in [0.15, 0.2) is 0 Å². The molecule has 0 saturated heterocycles. The molecule has 0 spiro atoms. The zero-order valence-corrected chi connectivity index (χ0v) is 13.2. The Bertz CT molecular complexity index is 371. The molecule has 0 bridgehead atoms. The average Bonchev–Trinajstić information content (AvgIpc) is 2.26. The molecule has 0 fully saturated rings. The zero-order valence-electron chi connectivity index (χ0n) is 12.4. The molecule has 0 radical (unpaired) electrons. The number of hydrogen-bond donors (Lipinski definition) is 2. The standard InChI is InChI=1S/C15H25NO2.ClH/c1-10(2)14(17)13(16)11-6-8-12(9-7-11)18-15(3,4)5;/h6-10,13-14,17H,16H2,1-5H3;1H/t13-,14+;/m1./s1. The van der Waals surface area contributed by atoms with Gasteiger partial charge in [-0.05, 0) is 44.4 Å². The number of nitrogens with two attached hydrogens (primary N) is 1. The summed E-state index contributed by atoms with van der Waals surface area (Å²) in [6.07, 6.45) is -0.528. The molecule has 0 unspecified atom stereocenters. The van der Waals surface area contributed by atoms with Crippen molar-refractivity contribution in [3.63, 3.8) is 0 Å². The molecular weight excluding hydrogens is 262 g/mol. The first-order chi connectivity index (χ1) is 8.20. The fourth-order valence-corrected chi connectivity index (χ4v) is 1.72. The maximum atomic E-state index is 9.95. The van der Waals surface area contributed by atoms with Crippen molar-refractivity contribution in [2.45, 2.75) is 52.4 Å². The largest absolute Gasteiger partial charge is 0.488 e. The molecule has 0 saturated carbocycles. The van der Waals surface area contributed by atoms with Crippen molar-refractivity contribution in [2.75, 3.05) is 0 Å². The van der Waals surface area contributed by atoms with Crippen molar-refractivity contribution in [1.29, 1.82) is 0 Å². The highest BCUT2D eigenvalue weighted by Gasteiger charge is 2.20. The van der Waals surface area contributed by atoms with Crippen LogP contribution in [-0.2, 0) is 0 Å². The maximum absolute atomic E-state index is 9.95. The van der Waals surface area contributed by atoms with E-state index in [0.717, 1.165) is 11.3 Å². The van der Waals surface area contributed by atoms with Crippen LogP contribution in [0.4, 0.5) is 0 Å². The van der Waals surface area contributed by atoms with Crippen LogP contribution in [0.25, 0.3) is 0 Å². The number of ether oxygens (including phenoxy) is 1. The molecule has 1 rings (SSSR count). The number of aliphatic hydroxyl groups excluding tert-OH is 1. The molecule has 3 nitrogen and oxygen atoms in total. The van der Waals surface area contributed by atoms with Gasteiger partial charge in [0.25, 0.3) is 0 Å². The first-order valence-electron chi connectivity index (χ1n) is 6.43. The Balaban J connectivity index is 0.00000324. The molecule has 2 atom stereocenters. The Labute approximate surface area is 122 Å². The number of benzene rings is 1. The molecule has 1 aromatic carbocycles. The predicted octanol–water partition coefficient (Wildman–Crippen LogP) is 3.30. The van der Waals surface area contributed by atoms with E-state index in [4.69, 9.17) is 10.5 Å². The van der Waals surface area contributed by atoms with E-state index in [1.807, 2.05) is 58.9 Å². The van der Waals surface area contributed by atoms with E-state index in [9.17, 15) is 5.11 Å². The molecule has 1 aromatic rings. The Morgan fingerprint density at radius 3 is 1.95 bits per heavy atom. The molecule has 4 heteroatoms. The van der Waals surface area contributed by atoms with Gasteiger partial charge in [-0.1, -0.05) is 26.0 Å². The van der Waals surface area contributed by atoms with Crippen molar-refractivity contribution in [3.8, 4) is 5.75 Å². The fraction of sp³-hybridized carbons (Fsp3) is 0.600. The van der Waals surface area contributed by atoms with E-state index in [0.29, 0.717) is 0 Å². The number of halogens is 1. The summed E-state index contributed by atoms with van der Waals surface area (Å²) in [5, 5.41) is 9.95. The van der Waals surface area contributed by atoms with Gasteiger partial charge in [-0.15, -0.1) is 12.4 Å². The minimum absolute atomic E-state index is 0. The van der Waals surface area contributed by atoms with Crippen molar-refractivity contribution in [3.05, 3.63) is 29.8 Å². The molecule has 0 aliphatic carbocycles. The lowest BCUT2D eigenvalue weighted by molar-refractivity contribution is 0.0977. The van der Waals surface area contributed by atoms with E-state index < -0.39 is 6.10 Å². The van der Waals surface area contributed by atoms with E-state index in [1.54, 1.807) is 0 Å². The average molecular weight is 288 g/mol. The summed E-state index contributed by atoms with van der Waals surface area (Å²) < 4.78 is 5.74. The van der Waals surface area contributed by atoms with Crippen LogP contribution in [0.15, 0.2) is 24.3 Å². The molecule has 0 aliphatic heterocycles. The second-order valence-corrected chi connectivity index (χ2v) is 6.04. The Hall–Kier alpha value is -0.770. The van der Waals surface area contributed by atoms with E-state index in [2.05, 4.69) is 0 Å². The summed E-state index contributed by atoms with van der Waals surface area (Å²) in [4.78, 5) is 0. The third kappa shape index (κ3) is 5.81. The highest BCUT2D eigenvalue weighted by molar-refractivity contribution is 5.85. The molecule has 3 N–H and O–H groups in total. The lowest BCUT2D eigenvalue weighted by Crippen LogP contribution is -2.30. The zero-order chi connectivity index (χ0) is 13.9. The van der Waals surface area contributed by atoms with E-state index in [1.165, 1.54) is 0 Å². The van der Waals surface area contributed by atoms with Crippen molar-refractivity contribution in [2.24, 2.45) is 11.7 Å². The van der Waals surface area contributed by atoms with Gasteiger partial charge in [0, 0.05) is 0 Å².